The van der Waals surface area contributed by atoms with Crippen molar-refractivity contribution in [3.05, 3.63) is 29.8 Å². The van der Waals surface area contributed by atoms with Crippen LogP contribution in [0, 0.1) is 5.92 Å². The van der Waals surface area contributed by atoms with Crippen molar-refractivity contribution < 1.29 is 10.1 Å². The van der Waals surface area contributed by atoms with Crippen molar-refractivity contribution in [3.8, 4) is 5.75 Å². The summed E-state index contributed by atoms with van der Waals surface area (Å²) in [5.41, 5.74) is 1.39. The normalized spacial score (nSPS) is 24.6. The maximum absolute atomic E-state index is 5.17. The fourth-order valence-corrected chi connectivity index (χ4v) is 2.74. The molecule has 1 aromatic rings. The molecule has 1 saturated carbocycles. The van der Waals surface area contributed by atoms with Crippen LogP contribution in [0.25, 0.3) is 0 Å². The maximum atomic E-state index is 5.17. The van der Waals surface area contributed by atoms with Gasteiger partial charge in [-0.2, -0.15) is 0 Å². The van der Waals surface area contributed by atoms with Crippen LogP contribution in [0.2, 0.25) is 0 Å². The van der Waals surface area contributed by atoms with Crippen LogP contribution in [0.4, 0.5) is 0 Å². The number of rotatable bonds is 4. The Balaban J connectivity index is 1.84. The average molecular weight is 234 g/mol. The van der Waals surface area contributed by atoms with Crippen molar-refractivity contribution in [1.82, 2.24) is 0 Å². The van der Waals surface area contributed by atoms with Crippen LogP contribution >= 0.6 is 0 Å². The van der Waals surface area contributed by atoms with Crippen LogP contribution in [0.15, 0.2) is 24.3 Å². The number of hydrogen-bond donors (Lipinski definition) is 1. The van der Waals surface area contributed by atoms with E-state index in [1.54, 1.807) is 7.11 Å². The molecular weight excluding hydrogens is 210 g/mol. The predicted molar refractivity (Wildman–Crippen MR) is 70.0 cm³/mol. The highest BCUT2D eigenvalue weighted by atomic mass is 16.5. The third-order valence-corrected chi connectivity index (χ3v) is 3.99. The molecule has 2 N–H and O–H groups in total. The zero-order valence-corrected chi connectivity index (χ0v) is 11.0. The second kappa shape index (κ2) is 6.06. The lowest BCUT2D eigenvalue weighted by atomic mass is 9.86. The molecule has 0 bridgehead atoms. The molecule has 17 heavy (non-hydrogen) atoms. The van der Waals surface area contributed by atoms with E-state index in [0.29, 0.717) is 0 Å². The first-order chi connectivity index (χ1) is 8.29. The first kappa shape index (κ1) is 12.4. The van der Waals surface area contributed by atoms with Gasteiger partial charge in [-0.1, -0.05) is 13.3 Å². The summed E-state index contributed by atoms with van der Waals surface area (Å²) in [6, 6.07) is 9.26. The highest BCUT2D eigenvalue weighted by molar-refractivity contribution is 5.26. The minimum absolute atomic E-state index is 0.825. The number of hydrogen-bond acceptors (Lipinski definition) is 1. The molecule has 0 unspecified atom stereocenters. The molecule has 0 heterocycles. The Kier molecular flexibility index (Phi) is 4.43. The van der Waals surface area contributed by atoms with Gasteiger partial charge in [-0.3, -0.25) is 0 Å². The van der Waals surface area contributed by atoms with E-state index in [1.807, 2.05) is 12.1 Å². The van der Waals surface area contributed by atoms with E-state index in [0.717, 1.165) is 24.3 Å². The lowest BCUT2D eigenvalue weighted by molar-refractivity contribution is -0.712. The van der Waals surface area contributed by atoms with Crippen molar-refractivity contribution in [2.75, 3.05) is 7.11 Å². The molecule has 2 heteroatoms. The fraction of sp³-hybridized carbons (Fsp3) is 0.600. The topological polar surface area (TPSA) is 25.8 Å². The summed E-state index contributed by atoms with van der Waals surface area (Å²) in [4.78, 5) is 0. The Labute approximate surface area is 104 Å². The van der Waals surface area contributed by atoms with Gasteiger partial charge in [0.05, 0.1) is 13.2 Å². The van der Waals surface area contributed by atoms with E-state index in [9.17, 15) is 0 Å². The van der Waals surface area contributed by atoms with Crippen molar-refractivity contribution in [3.63, 3.8) is 0 Å². The Morgan fingerprint density at radius 2 is 1.88 bits per heavy atom. The maximum Gasteiger partial charge on any atom is 0.118 e. The largest absolute Gasteiger partial charge is 0.497 e. The lowest BCUT2D eigenvalue weighted by Gasteiger charge is -2.26. The van der Waals surface area contributed by atoms with Crippen LogP contribution in [-0.2, 0) is 6.54 Å². The second-order valence-electron chi connectivity index (χ2n) is 5.21. The molecule has 1 aliphatic carbocycles. The Bertz CT molecular complexity index is 333. The number of ether oxygens (including phenoxy) is 1. The SMILES string of the molecule is COc1ccc(C[NH2+][C@@H]2CCCC[C@H]2C)cc1. The van der Waals surface area contributed by atoms with Gasteiger partial charge < -0.3 is 10.1 Å². The molecule has 2 atom stereocenters. The molecule has 0 amide bonds. The summed E-state index contributed by atoms with van der Waals surface area (Å²) >= 11 is 0. The molecule has 2 rings (SSSR count). The Hall–Kier alpha value is -1.02. The lowest BCUT2D eigenvalue weighted by Crippen LogP contribution is -2.90. The standard InChI is InChI=1S/C15H23NO/c1-12-5-3-4-6-15(12)16-11-13-7-9-14(17-2)10-8-13/h7-10,12,15-16H,3-6,11H2,1-2H3/p+1/t12-,15-/m1/s1. The zero-order valence-electron chi connectivity index (χ0n) is 11.0. The van der Waals surface area contributed by atoms with E-state index in [4.69, 9.17) is 4.74 Å². The third-order valence-electron chi connectivity index (χ3n) is 3.99. The quantitative estimate of drug-likeness (QED) is 0.850. The first-order valence-corrected chi connectivity index (χ1v) is 6.76. The molecular formula is C15H24NO+. The fourth-order valence-electron chi connectivity index (χ4n) is 2.74. The molecule has 0 aromatic heterocycles. The van der Waals surface area contributed by atoms with Gasteiger partial charge in [0.15, 0.2) is 0 Å². The van der Waals surface area contributed by atoms with E-state index < -0.39 is 0 Å². The van der Waals surface area contributed by atoms with Crippen LogP contribution in [0.1, 0.15) is 38.2 Å². The van der Waals surface area contributed by atoms with Crippen LogP contribution < -0.4 is 10.1 Å². The van der Waals surface area contributed by atoms with Gasteiger partial charge in [0.2, 0.25) is 0 Å². The molecule has 1 aromatic carbocycles. The smallest absolute Gasteiger partial charge is 0.118 e. The summed E-state index contributed by atoms with van der Waals surface area (Å²) < 4.78 is 5.17. The number of benzene rings is 1. The summed E-state index contributed by atoms with van der Waals surface area (Å²) in [6.45, 7) is 3.49. The van der Waals surface area contributed by atoms with Gasteiger partial charge in [-0.25, -0.2) is 0 Å². The van der Waals surface area contributed by atoms with Gasteiger partial charge in [-0.15, -0.1) is 0 Å². The van der Waals surface area contributed by atoms with E-state index in [-0.39, 0.29) is 0 Å². The highest BCUT2D eigenvalue weighted by Crippen LogP contribution is 2.21. The summed E-state index contributed by atoms with van der Waals surface area (Å²) in [6.07, 6.45) is 5.63. The van der Waals surface area contributed by atoms with Gasteiger partial charge >= 0.3 is 0 Å². The second-order valence-corrected chi connectivity index (χ2v) is 5.21. The first-order valence-electron chi connectivity index (χ1n) is 6.76. The highest BCUT2D eigenvalue weighted by Gasteiger charge is 2.23. The molecule has 1 aliphatic rings. The van der Waals surface area contributed by atoms with Crippen LogP contribution in [0.5, 0.6) is 5.75 Å². The monoisotopic (exact) mass is 234 g/mol. The molecule has 0 radical (unpaired) electrons. The zero-order chi connectivity index (χ0) is 12.1. The number of methoxy groups -OCH3 is 1. The van der Waals surface area contributed by atoms with Gasteiger partial charge in [-0.05, 0) is 43.5 Å². The van der Waals surface area contributed by atoms with Crippen molar-refractivity contribution in [2.24, 2.45) is 5.92 Å². The van der Waals surface area contributed by atoms with E-state index in [2.05, 4.69) is 24.4 Å². The molecule has 1 fully saturated rings. The molecule has 2 nitrogen and oxygen atoms in total. The van der Waals surface area contributed by atoms with Crippen LogP contribution in [0.3, 0.4) is 0 Å². The molecule has 94 valence electrons. The molecule has 0 saturated heterocycles. The van der Waals surface area contributed by atoms with Gasteiger partial charge in [0.1, 0.15) is 12.3 Å². The molecule has 0 spiro atoms. The summed E-state index contributed by atoms with van der Waals surface area (Å²) in [5.74, 6) is 1.82. The van der Waals surface area contributed by atoms with E-state index in [1.165, 1.54) is 31.2 Å². The minimum Gasteiger partial charge on any atom is -0.497 e. The van der Waals surface area contributed by atoms with E-state index >= 15 is 0 Å². The Morgan fingerprint density at radius 3 is 2.53 bits per heavy atom. The van der Waals surface area contributed by atoms with Gasteiger partial charge in [0.25, 0.3) is 0 Å². The van der Waals surface area contributed by atoms with Crippen molar-refractivity contribution >= 4 is 0 Å². The number of nitrogens with two attached hydrogens (primary N) is 1. The average Bonchev–Trinajstić information content (AvgIpc) is 2.38. The third kappa shape index (κ3) is 3.47. The van der Waals surface area contributed by atoms with Gasteiger partial charge in [0, 0.05) is 11.5 Å². The van der Waals surface area contributed by atoms with Crippen molar-refractivity contribution in [1.29, 1.82) is 0 Å². The molecule has 0 aliphatic heterocycles. The minimum atomic E-state index is 0.825. The number of quaternary nitrogens is 1. The van der Waals surface area contributed by atoms with Crippen LogP contribution in [-0.4, -0.2) is 13.2 Å². The summed E-state index contributed by atoms with van der Waals surface area (Å²) in [5, 5.41) is 2.52. The summed E-state index contributed by atoms with van der Waals surface area (Å²) in [7, 11) is 1.71. The van der Waals surface area contributed by atoms with Crippen molar-refractivity contribution in [2.45, 2.75) is 45.2 Å². The predicted octanol–water partition coefficient (Wildman–Crippen LogP) is 2.34. The Morgan fingerprint density at radius 1 is 1.18 bits per heavy atom.